The molecular formula is C26H36N2O3. The van der Waals surface area contributed by atoms with Gasteiger partial charge >= 0.3 is 0 Å². The van der Waals surface area contributed by atoms with Crippen molar-refractivity contribution in [2.45, 2.75) is 65.5 Å². The van der Waals surface area contributed by atoms with Gasteiger partial charge in [0.2, 0.25) is 5.91 Å². The van der Waals surface area contributed by atoms with Gasteiger partial charge in [0.05, 0.1) is 0 Å². The Balaban J connectivity index is 2.15. The maximum Gasteiger partial charge on any atom is 0.261 e. The molecule has 0 fully saturated rings. The van der Waals surface area contributed by atoms with Crippen molar-refractivity contribution in [1.82, 2.24) is 10.2 Å². The van der Waals surface area contributed by atoms with E-state index < -0.39 is 6.04 Å². The number of unbranched alkanes of at least 4 members (excludes halogenated alkanes) is 1. The largest absolute Gasteiger partial charge is 0.483 e. The van der Waals surface area contributed by atoms with Gasteiger partial charge in [-0.3, -0.25) is 9.59 Å². The van der Waals surface area contributed by atoms with Crippen molar-refractivity contribution in [3.8, 4) is 5.75 Å². The number of nitrogens with zero attached hydrogens (tertiary/aromatic N) is 1. The van der Waals surface area contributed by atoms with Crippen LogP contribution in [0.5, 0.6) is 5.75 Å². The summed E-state index contributed by atoms with van der Waals surface area (Å²) in [6, 6.07) is 16.9. The second kappa shape index (κ2) is 11.5. The summed E-state index contributed by atoms with van der Waals surface area (Å²) in [6.07, 6.45) is 1.92. The zero-order valence-corrected chi connectivity index (χ0v) is 19.5. The molecule has 0 radical (unpaired) electrons. The Bertz CT molecular complexity index is 843. The predicted molar refractivity (Wildman–Crippen MR) is 125 cm³/mol. The fraction of sp³-hybridized carbons (Fsp3) is 0.462. The summed E-state index contributed by atoms with van der Waals surface area (Å²) in [5, 5.41) is 2.93. The van der Waals surface area contributed by atoms with Crippen LogP contribution in [0.25, 0.3) is 0 Å². The van der Waals surface area contributed by atoms with E-state index in [-0.39, 0.29) is 23.8 Å². The summed E-state index contributed by atoms with van der Waals surface area (Å²) in [7, 11) is 0. The van der Waals surface area contributed by atoms with Crippen molar-refractivity contribution in [3.05, 3.63) is 65.7 Å². The third-order valence-corrected chi connectivity index (χ3v) is 5.24. The Morgan fingerprint density at radius 3 is 2.32 bits per heavy atom. The molecule has 31 heavy (non-hydrogen) atoms. The first-order chi connectivity index (χ1) is 14.7. The van der Waals surface area contributed by atoms with Crippen LogP contribution >= 0.6 is 0 Å². The topological polar surface area (TPSA) is 58.6 Å². The Hall–Kier alpha value is -2.82. The molecule has 0 aliphatic rings. The molecule has 0 aromatic heterocycles. The minimum Gasteiger partial charge on any atom is -0.483 e. The highest BCUT2D eigenvalue weighted by Gasteiger charge is 2.27. The van der Waals surface area contributed by atoms with Crippen molar-refractivity contribution in [1.29, 1.82) is 0 Å². The van der Waals surface area contributed by atoms with Crippen molar-refractivity contribution in [3.63, 3.8) is 0 Å². The zero-order chi connectivity index (χ0) is 22.9. The average Bonchev–Trinajstić information content (AvgIpc) is 2.75. The van der Waals surface area contributed by atoms with Crippen molar-refractivity contribution in [2.75, 3.05) is 13.2 Å². The molecule has 0 spiro atoms. The molecule has 2 amide bonds. The zero-order valence-electron chi connectivity index (χ0n) is 19.5. The number of amides is 2. The van der Waals surface area contributed by atoms with E-state index in [1.54, 1.807) is 11.8 Å². The lowest BCUT2D eigenvalue weighted by atomic mass is 9.86. The summed E-state index contributed by atoms with van der Waals surface area (Å²) >= 11 is 0. The van der Waals surface area contributed by atoms with E-state index in [1.807, 2.05) is 54.6 Å². The van der Waals surface area contributed by atoms with Crippen LogP contribution < -0.4 is 10.1 Å². The molecule has 0 aliphatic carbocycles. The SMILES string of the molecule is CCCCNC(=O)[C@H](C)N(Cc1ccccc1)C(=O)COc1ccccc1C(C)(C)C. The minimum atomic E-state index is -0.592. The minimum absolute atomic E-state index is 0.101. The highest BCUT2D eigenvalue weighted by molar-refractivity contribution is 5.88. The molecule has 0 saturated heterocycles. The van der Waals surface area contributed by atoms with Crippen LogP contribution in [0.15, 0.2) is 54.6 Å². The molecule has 5 nitrogen and oxygen atoms in total. The van der Waals surface area contributed by atoms with E-state index in [1.165, 1.54) is 0 Å². The van der Waals surface area contributed by atoms with Gasteiger partial charge in [-0.1, -0.05) is 82.6 Å². The van der Waals surface area contributed by atoms with Crippen molar-refractivity contribution in [2.24, 2.45) is 0 Å². The molecule has 2 aromatic rings. The van der Waals surface area contributed by atoms with E-state index in [0.29, 0.717) is 18.8 Å². The smallest absolute Gasteiger partial charge is 0.261 e. The number of carbonyl (C=O) groups excluding carboxylic acids is 2. The first-order valence-corrected chi connectivity index (χ1v) is 11.1. The number of carbonyl (C=O) groups is 2. The molecule has 2 rings (SSSR count). The molecular weight excluding hydrogens is 388 g/mol. The Morgan fingerprint density at radius 2 is 1.68 bits per heavy atom. The third kappa shape index (κ3) is 7.42. The van der Waals surface area contributed by atoms with Crippen LogP contribution in [0.1, 0.15) is 58.6 Å². The summed E-state index contributed by atoms with van der Waals surface area (Å²) in [4.78, 5) is 27.4. The summed E-state index contributed by atoms with van der Waals surface area (Å²) in [5.74, 6) is 0.335. The highest BCUT2D eigenvalue weighted by atomic mass is 16.5. The predicted octanol–water partition coefficient (Wildman–Crippen LogP) is 4.70. The van der Waals surface area contributed by atoms with E-state index >= 15 is 0 Å². The second-order valence-corrected chi connectivity index (χ2v) is 8.86. The fourth-order valence-corrected chi connectivity index (χ4v) is 3.33. The first-order valence-electron chi connectivity index (χ1n) is 11.1. The Labute approximate surface area is 186 Å². The third-order valence-electron chi connectivity index (χ3n) is 5.24. The summed E-state index contributed by atoms with van der Waals surface area (Å²) in [5.41, 5.74) is 1.91. The average molecular weight is 425 g/mol. The van der Waals surface area contributed by atoms with Gasteiger partial charge < -0.3 is 15.0 Å². The van der Waals surface area contributed by atoms with Gasteiger partial charge in [0.15, 0.2) is 6.61 Å². The van der Waals surface area contributed by atoms with E-state index in [2.05, 4.69) is 33.0 Å². The number of nitrogens with one attached hydrogen (secondary N) is 1. The molecule has 0 unspecified atom stereocenters. The molecule has 1 atom stereocenters. The van der Waals surface area contributed by atoms with E-state index in [4.69, 9.17) is 4.74 Å². The van der Waals surface area contributed by atoms with Gasteiger partial charge in [-0.05, 0) is 36.0 Å². The Morgan fingerprint density at radius 1 is 1.03 bits per heavy atom. The van der Waals surface area contributed by atoms with Crippen LogP contribution in [0.3, 0.4) is 0 Å². The van der Waals surface area contributed by atoms with Gasteiger partial charge in [-0.2, -0.15) is 0 Å². The molecule has 168 valence electrons. The molecule has 1 N–H and O–H groups in total. The molecule has 0 heterocycles. The standard InChI is InChI=1S/C26H36N2O3/c1-6-7-17-27-25(30)20(2)28(18-21-13-9-8-10-14-21)24(29)19-31-23-16-12-11-15-22(23)26(3,4)5/h8-16,20H,6-7,17-19H2,1-5H3,(H,27,30)/t20-/m0/s1. The van der Waals surface area contributed by atoms with Crippen molar-refractivity contribution < 1.29 is 14.3 Å². The van der Waals surface area contributed by atoms with Crippen LogP contribution in [0.2, 0.25) is 0 Å². The lowest BCUT2D eigenvalue weighted by Gasteiger charge is -2.29. The normalized spacial score (nSPS) is 12.2. The van der Waals surface area contributed by atoms with E-state index in [0.717, 1.165) is 24.0 Å². The maximum atomic E-state index is 13.2. The van der Waals surface area contributed by atoms with Crippen LogP contribution in [0, 0.1) is 0 Å². The van der Waals surface area contributed by atoms with Crippen LogP contribution in [-0.2, 0) is 21.5 Å². The summed E-state index contributed by atoms with van der Waals surface area (Å²) < 4.78 is 5.95. The number of hydrogen-bond donors (Lipinski definition) is 1. The first kappa shape index (κ1) is 24.4. The molecule has 5 heteroatoms. The molecule has 0 saturated carbocycles. The van der Waals surface area contributed by atoms with Gasteiger partial charge in [-0.15, -0.1) is 0 Å². The van der Waals surface area contributed by atoms with Gasteiger partial charge in [-0.25, -0.2) is 0 Å². The fourth-order valence-electron chi connectivity index (χ4n) is 3.33. The Kier molecular flexibility index (Phi) is 9.10. The number of benzene rings is 2. The monoisotopic (exact) mass is 424 g/mol. The molecule has 2 aromatic carbocycles. The number of para-hydroxylation sites is 1. The van der Waals surface area contributed by atoms with Gasteiger partial charge in [0.25, 0.3) is 5.91 Å². The number of hydrogen-bond acceptors (Lipinski definition) is 3. The highest BCUT2D eigenvalue weighted by Crippen LogP contribution is 2.31. The molecule has 0 aliphatic heterocycles. The quantitative estimate of drug-likeness (QED) is 0.563. The van der Waals surface area contributed by atoms with Gasteiger partial charge in [0, 0.05) is 13.1 Å². The lowest BCUT2D eigenvalue weighted by molar-refractivity contribution is -0.142. The van der Waals surface area contributed by atoms with Crippen molar-refractivity contribution >= 4 is 11.8 Å². The van der Waals surface area contributed by atoms with Crippen LogP contribution in [0.4, 0.5) is 0 Å². The van der Waals surface area contributed by atoms with E-state index in [9.17, 15) is 9.59 Å². The summed E-state index contributed by atoms with van der Waals surface area (Å²) in [6.45, 7) is 11.0. The lowest BCUT2D eigenvalue weighted by Crippen LogP contribution is -2.49. The molecule has 0 bridgehead atoms. The van der Waals surface area contributed by atoms with Gasteiger partial charge in [0.1, 0.15) is 11.8 Å². The van der Waals surface area contributed by atoms with Crippen LogP contribution in [-0.4, -0.2) is 35.9 Å². The number of ether oxygens (including phenoxy) is 1. The number of rotatable bonds is 10. The second-order valence-electron chi connectivity index (χ2n) is 8.86. The maximum absolute atomic E-state index is 13.2.